The number of hydrogen-bond acceptors (Lipinski definition) is 2. The normalized spacial score (nSPS) is 20.3. The van der Waals surface area contributed by atoms with E-state index in [2.05, 4.69) is 38.2 Å². The van der Waals surface area contributed by atoms with Crippen LogP contribution in [0.4, 0.5) is 0 Å². The number of nitrogens with one attached hydrogen (secondary N) is 1. The summed E-state index contributed by atoms with van der Waals surface area (Å²) in [5.74, 6) is 0. The Labute approximate surface area is 87.9 Å². The van der Waals surface area contributed by atoms with Gasteiger partial charge < -0.3 is 11.1 Å². The van der Waals surface area contributed by atoms with Gasteiger partial charge in [-0.25, -0.2) is 0 Å². The molecule has 1 aliphatic rings. The second-order valence-electron chi connectivity index (χ2n) is 5.50. The van der Waals surface area contributed by atoms with Crippen molar-refractivity contribution in [1.82, 2.24) is 5.32 Å². The van der Waals surface area contributed by atoms with Crippen LogP contribution in [0.15, 0.2) is 12.2 Å². The van der Waals surface area contributed by atoms with Crippen molar-refractivity contribution in [3.63, 3.8) is 0 Å². The minimum Gasteiger partial charge on any atom is -0.329 e. The van der Waals surface area contributed by atoms with Crippen molar-refractivity contribution in [3.8, 4) is 0 Å². The Bertz CT molecular complexity index is 183. The maximum absolute atomic E-state index is 5.78. The van der Waals surface area contributed by atoms with E-state index in [1.165, 1.54) is 12.8 Å². The molecule has 0 aromatic rings. The lowest BCUT2D eigenvalue weighted by Crippen LogP contribution is -2.43. The fraction of sp³-hybridized carbons (Fsp3) is 0.833. The molecule has 82 valence electrons. The molecule has 3 N–H and O–H groups in total. The first-order valence-electron chi connectivity index (χ1n) is 5.62. The fourth-order valence-corrected chi connectivity index (χ4v) is 2.04. The Kier molecular flexibility index (Phi) is 4.14. The molecular weight excluding hydrogens is 172 g/mol. The monoisotopic (exact) mass is 196 g/mol. The van der Waals surface area contributed by atoms with E-state index in [0.29, 0.717) is 17.5 Å². The highest BCUT2D eigenvalue weighted by molar-refractivity contribution is 4.98. The molecule has 0 aromatic carbocycles. The van der Waals surface area contributed by atoms with E-state index < -0.39 is 0 Å². The topological polar surface area (TPSA) is 38.0 Å². The third kappa shape index (κ3) is 4.25. The van der Waals surface area contributed by atoms with Crippen molar-refractivity contribution in [3.05, 3.63) is 12.2 Å². The smallest absolute Gasteiger partial charge is 0.0198 e. The van der Waals surface area contributed by atoms with Gasteiger partial charge in [-0.15, -0.1) is 0 Å². The van der Waals surface area contributed by atoms with Gasteiger partial charge in [0.15, 0.2) is 0 Å². The minimum atomic E-state index is 0.364. The second kappa shape index (κ2) is 4.94. The molecule has 14 heavy (non-hydrogen) atoms. The van der Waals surface area contributed by atoms with Crippen LogP contribution in [0.1, 0.15) is 40.0 Å². The predicted octanol–water partition coefficient (Wildman–Crippen LogP) is 2.06. The van der Waals surface area contributed by atoms with E-state index in [-0.39, 0.29) is 0 Å². The molecule has 0 bridgehead atoms. The van der Waals surface area contributed by atoms with Crippen molar-refractivity contribution in [2.75, 3.05) is 6.54 Å². The maximum Gasteiger partial charge on any atom is 0.0198 e. The number of rotatable bonds is 4. The summed E-state index contributed by atoms with van der Waals surface area (Å²) in [6.07, 6.45) is 7.99. The molecule has 2 heteroatoms. The third-order valence-electron chi connectivity index (χ3n) is 2.62. The van der Waals surface area contributed by atoms with Crippen LogP contribution in [0, 0.1) is 5.41 Å². The van der Waals surface area contributed by atoms with Gasteiger partial charge in [0.25, 0.3) is 0 Å². The van der Waals surface area contributed by atoms with E-state index in [9.17, 15) is 0 Å². The van der Waals surface area contributed by atoms with E-state index in [1.54, 1.807) is 0 Å². The van der Waals surface area contributed by atoms with Crippen LogP contribution in [0.3, 0.4) is 0 Å². The van der Waals surface area contributed by atoms with Gasteiger partial charge in [0, 0.05) is 18.6 Å². The molecule has 0 fully saturated rings. The van der Waals surface area contributed by atoms with Crippen LogP contribution in [0.25, 0.3) is 0 Å². The summed E-state index contributed by atoms with van der Waals surface area (Å²) in [6.45, 7) is 7.55. The molecule has 0 amide bonds. The first-order chi connectivity index (χ1) is 6.51. The van der Waals surface area contributed by atoms with Crippen LogP contribution >= 0.6 is 0 Å². The van der Waals surface area contributed by atoms with Gasteiger partial charge in [-0.05, 0) is 24.7 Å². The van der Waals surface area contributed by atoms with E-state index in [1.807, 2.05) is 0 Å². The molecule has 0 saturated heterocycles. The zero-order chi connectivity index (χ0) is 10.6. The quantitative estimate of drug-likeness (QED) is 0.675. The third-order valence-corrected chi connectivity index (χ3v) is 2.62. The lowest BCUT2D eigenvalue weighted by atomic mass is 9.88. The van der Waals surface area contributed by atoms with E-state index in [0.717, 1.165) is 13.0 Å². The Balaban J connectivity index is 2.31. The summed E-state index contributed by atoms with van der Waals surface area (Å²) in [5.41, 5.74) is 6.14. The molecule has 1 aliphatic carbocycles. The average Bonchev–Trinajstić information content (AvgIpc) is 2.53. The first-order valence-corrected chi connectivity index (χ1v) is 5.62. The molecule has 0 radical (unpaired) electrons. The van der Waals surface area contributed by atoms with E-state index in [4.69, 9.17) is 5.73 Å². The molecular formula is C12H24N2. The highest BCUT2D eigenvalue weighted by Crippen LogP contribution is 2.21. The van der Waals surface area contributed by atoms with Gasteiger partial charge in [0.1, 0.15) is 0 Å². The van der Waals surface area contributed by atoms with Gasteiger partial charge in [-0.1, -0.05) is 32.9 Å². The second-order valence-corrected chi connectivity index (χ2v) is 5.50. The van der Waals surface area contributed by atoms with Crippen LogP contribution in [0.2, 0.25) is 0 Å². The van der Waals surface area contributed by atoms with Crippen molar-refractivity contribution in [2.24, 2.45) is 11.1 Å². The highest BCUT2D eigenvalue weighted by atomic mass is 15.0. The van der Waals surface area contributed by atoms with Crippen molar-refractivity contribution >= 4 is 0 Å². The maximum atomic E-state index is 5.78. The molecule has 1 rings (SSSR count). The summed E-state index contributed by atoms with van der Waals surface area (Å²) in [6, 6.07) is 1.10. The summed E-state index contributed by atoms with van der Waals surface area (Å²) in [7, 11) is 0. The van der Waals surface area contributed by atoms with Crippen molar-refractivity contribution in [2.45, 2.75) is 52.1 Å². The van der Waals surface area contributed by atoms with Crippen LogP contribution in [-0.4, -0.2) is 18.6 Å². The Morgan fingerprint density at radius 1 is 1.36 bits per heavy atom. The molecule has 0 saturated carbocycles. The fourth-order valence-electron chi connectivity index (χ4n) is 2.04. The lowest BCUT2D eigenvalue weighted by Gasteiger charge is -2.28. The van der Waals surface area contributed by atoms with Gasteiger partial charge in [-0.3, -0.25) is 0 Å². The highest BCUT2D eigenvalue weighted by Gasteiger charge is 2.20. The molecule has 0 aliphatic heterocycles. The predicted molar refractivity (Wildman–Crippen MR) is 62.2 cm³/mol. The Hall–Kier alpha value is -0.340. The summed E-state index contributed by atoms with van der Waals surface area (Å²) in [5, 5.41) is 3.63. The molecule has 0 aromatic heterocycles. The van der Waals surface area contributed by atoms with Gasteiger partial charge in [0.05, 0.1) is 0 Å². The van der Waals surface area contributed by atoms with E-state index >= 15 is 0 Å². The number of nitrogens with two attached hydrogens (primary N) is 1. The molecule has 1 unspecified atom stereocenters. The van der Waals surface area contributed by atoms with Crippen LogP contribution in [-0.2, 0) is 0 Å². The molecule has 0 spiro atoms. The summed E-state index contributed by atoms with van der Waals surface area (Å²) in [4.78, 5) is 0. The first kappa shape index (κ1) is 11.7. The molecule has 0 heterocycles. The summed E-state index contributed by atoms with van der Waals surface area (Å²) < 4.78 is 0. The van der Waals surface area contributed by atoms with Crippen LogP contribution in [0.5, 0.6) is 0 Å². The Morgan fingerprint density at radius 2 is 1.93 bits per heavy atom. The van der Waals surface area contributed by atoms with Crippen molar-refractivity contribution < 1.29 is 0 Å². The molecule has 2 nitrogen and oxygen atoms in total. The van der Waals surface area contributed by atoms with Crippen LogP contribution < -0.4 is 11.1 Å². The van der Waals surface area contributed by atoms with Crippen molar-refractivity contribution in [1.29, 1.82) is 0 Å². The average molecular weight is 196 g/mol. The van der Waals surface area contributed by atoms with Gasteiger partial charge in [0.2, 0.25) is 0 Å². The number of hydrogen-bond donors (Lipinski definition) is 2. The van der Waals surface area contributed by atoms with Gasteiger partial charge in [-0.2, -0.15) is 0 Å². The standard InChI is InChI=1S/C12H24N2/c1-12(2,3)8-11(9-13)14-10-6-4-5-7-10/h4-5,10-11,14H,6-9,13H2,1-3H3. The zero-order valence-corrected chi connectivity index (χ0v) is 9.72. The van der Waals surface area contributed by atoms with Gasteiger partial charge >= 0.3 is 0 Å². The SMILES string of the molecule is CC(C)(C)CC(CN)NC1CC=CC1. The largest absolute Gasteiger partial charge is 0.329 e. The minimum absolute atomic E-state index is 0.364. The zero-order valence-electron chi connectivity index (χ0n) is 9.72. The lowest BCUT2D eigenvalue weighted by molar-refractivity contribution is 0.295. The summed E-state index contributed by atoms with van der Waals surface area (Å²) >= 11 is 0. The molecule has 1 atom stereocenters. The Morgan fingerprint density at radius 3 is 2.36 bits per heavy atom.